The van der Waals surface area contributed by atoms with Crippen molar-refractivity contribution in [2.75, 3.05) is 0 Å². The van der Waals surface area contributed by atoms with Crippen molar-refractivity contribution in [1.82, 2.24) is 0 Å². The molecule has 4 nitrogen and oxygen atoms in total. The topological polar surface area (TPSA) is 83.5 Å². The Morgan fingerprint density at radius 2 is 1.85 bits per heavy atom. The van der Waals surface area contributed by atoms with Crippen LogP contribution in [0.25, 0.3) is 0 Å². The van der Waals surface area contributed by atoms with Crippen molar-refractivity contribution in [2.45, 2.75) is 31.2 Å². The molecular formula is C6H10F3NO3. The molecule has 0 aromatic carbocycles. The quantitative estimate of drug-likeness (QED) is 0.602. The van der Waals surface area contributed by atoms with E-state index in [2.05, 4.69) is 0 Å². The lowest BCUT2D eigenvalue weighted by Crippen LogP contribution is -2.34. The van der Waals surface area contributed by atoms with Crippen molar-refractivity contribution in [1.29, 1.82) is 0 Å². The van der Waals surface area contributed by atoms with Crippen LogP contribution in [0.3, 0.4) is 0 Å². The van der Waals surface area contributed by atoms with Gasteiger partial charge >= 0.3 is 12.1 Å². The Balaban J connectivity index is 3.83. The summed E-state index contributed by atoms with van der Waals surface area (Å²) in [6.07, 6.45) is -8.32. The molecule has 0 spiro atoms. The molecule has 0 aliphatic carbocycles. The molecule has 0 saturated carbocycles. The van der Waals surface area contributed by atoms with Crippen LogP contribution in [-0.2, 0) is 4.79 Å². The van der Waals surface area contributed by atoms with Gasteiger partial charge in [0.25, 0.3) is 0 Å². The van der Waals surface area contributed by atoms with E-state index in [-0.39, 0.29) is 0 Å². The standard InChI is InChI=1S/C6H10F3NO3/c7-6(8,9)4(11)2-1-3(10)5(12)13/h3-4,11H,1-2,10H2,(H,12,13)/t3-,4-/m1/s1. The Hall–Kier alpha value is -0.820. The SMILES string of the molecule is N[C@H](CC[C@@H](O)C(F)(F)F)C(=O)O. The summed E-state index contributed by atoms with van der Waals surface area (Å²) >= 11 is 0. The summed E-state index contributed by atoms with van der Waals surface area (Å²) in [6.45, 7) is 0. The molecule has 0 aromatic heterocycles. The average Bonchev–Trinajstić information content (AvgIpc) is 1.97. The van der Waals surface area contributed by atoms with Gasteiger partial charge in [-0.3, -0.25) is 4.79 Å². The van der Waals surface area contributed by atoms with Crippen molar-refractivity contribution >= 4 is 5.97 Å². The number of aliphatic hydroxyl groups excluding tert-OH is 1. The van der Waals surface area contributed by atoms with Crippen LogP contribution in [0.4, 0.5) is 13.2 Å². The number of alkyl halides is 3. The van der Waals surface area contributed by atoms with E-state index in [0.717, 1.165) is 0 Å². The zero-order valence-corrected chi connectivity index (χ0v) is 6.58. The van der Waals surface area contributed by atoms with Gasteiger partial charge in [-0.15, -0.1) is 0 Å². The molecule has 0 bridgehead atoms. The van der Waals surface area contributed by atoms with Crippen LogP contribution in [0.2, 0.25) is 0 Å². The maximum absolute atomic E-state index is 11.7. The third kappa shape index (κ3) is 4.69. The van der Waals surface area contributed by atoms with Gasteiger partial charge < -0.3 is 15.9 Å². The van der Waals surface area contributed by atoms with E-state index in [1.54, 1.807) is 0 Å². The summed E-state index contributed by atoms with van der Waals surface area (Å²) in [4.78, 5) is 10.1. The first-order valence-electron chi connectivity index (χ1n) is 3.48. The minimum Gasteiger partial charge on any atom is -0.480 e. The number of carboxylic acids is 1. The molecule has 0 aliphatic heterocycles. The van der Waals surface area contributed by atoms with Crippen LogP contribution in [-0.4, -0.2) is 34.5 Å². The third-order valence-corrected chi connectivity index (χ3v) is 1.45. The lowest BCUT2D eigenvalue weighted by molar-refractivity contribution is -0.206. The predicted octanol–water partition coefficient (Wildman–Crippen LogP) is 0.102. The van der Waals surface area contributed by atoms with Crippen molar-refractivity contribution in [3.05, 3.63) is 0 Å². The molecule has 78 valence electrons. The lowest BCUT2D eigenvalue weighted by Gasteiger charge is -2.15. The van der Waals surface area contributed by atoms with Gasteiger partial charge in [0, 0.05) is 0 Å². The minimum atomic E-state index is -4.71. The number of aliphatic carboxylic acids is 1. The Bertz CT molecular complexity index is 182. The Labute approximate surface area is 72.2 Å². The van der Waals surface area contributed by atoms with E-state index in [1.807, 2.05) is 0 Å². The Morgan fingerprint density at radius 3 is 2.15 bits per heavy atom. The highest BCUT2D eigenvalue weighted by Crippen LogP contribution is 2.23. The van der Waals surface area contributed by atoms with Gasteiger partial charge in [0.05, 0.1) is 0 Å². The number of rotatable bonds is 4. The Kier molecular flexibility index (Phi) is 4.15. The fourth-order valence-electron chi connectivity index (χ4n) is 0.625. The molecule has 4 N–H and O–H groups in total. The lowest BCUT2D eigenvalue weighted by atomic mass is 10.1. The van der Waals surface area contributed by atoms with E-state index >= 15 is 0 Å². The number of hydrogen-bond acceptors (Lipinski definition) is 3. The van der Waals surface area contributed by atoms with Crippen LogP contribution < -0.4 is 5.73 Å². The fourth-order valence-corrected chi connectivity index (χ4v) is 0.625. The molecule has 7 heteroatoms. The maximum Gasteiger partial charge on any atom is 0.414 e. The summed E-state index contributed by atoms with van der Waals surface area (Å²) < 4.78 is 35.0. The van der Waals surface area contributed by atoms with Crippen molar-refractivity contribution < 1.29 is 28.2 Å². The summed E-state index contributed by atoms with van der Waals surface area (Å²) in [6, 6.07) is -1.36. The number of nitrogens with two attached hydrogens (primary N) is 1. The second kappa shape index (κ2) is 4.43. The van der Waals surface area contributed by atoms with Crippen LogP contribution in [0.5, 0.6) is 0 Å². The summed E-state index contributed by atoms with van der Waals surface area (Å²) in [5, 5.41) is 16.7. The van der Waals surface area contributed by atoms with E-state index in [0.29, 0.717) is 0 Å². The molecule has 0 aromatic rings. The zero-order chi connectivity index (χ0) is 10.6. The molecular weight excluding hydrogens is 191 g/mol. The monoisotopic (exact) mass is 201 g/mol. The summed E-state index contributed by atoms with van der Waals surface area (Å²) in [7, 11) is 0. The molecule has 0 heterocycles. The third-order valence-electron chi connectivity index (χ3n) is 1.45. The smallest absolute Gasteiger partial charge is 0.414 e. The summed E-state index contributed by atoms with van der Waals surface area (Å²) in [5.41, 5.74) is 4.93. The van der Waals surface area contributed by atoms with E-state index < -0.39 is 37.1 Å². The number of carbonyl (C=O) groups is 1. The normalized spacial score (nSPS) is 16.7. The average molecular weight is 201 g/mol. The molecule has 0 unspecified atom stereocenters. The fraction of sp³-hybridized carbons (Fsp3) is 0.833. The molecule has 13 heavy (non-hydrogen) atoms. The molecule has 0 aliphatic rings. The van der Waals surface area contributed by atoms with Gasteiger partial charge in [-0.2, -0.15) is 13.2 Å². The van der Waals surface area contributed by atoms with Gasteiger partial charge in [-0.05, 0) is 12.8 Å². The molecule has 0 fully saturated rings. The highest BCUT2D eigenvalue weighted by Gasteiger charge is 2.38. The van der Waals surface area contributed by atoms with E-state index in [4.69, 9.17) is 15.9 Å². The molecule has 0 rings (SSSR count). The van der Waals surface area contributed by atoms with Crippen LogP contribution in [0.15, 0.2) is 0 Å². The van der Waals surface area contributed by atoms with Gasteiger partial charge in [-0.1, -0.05) is 0 Å². The van der Waals surface area contributed by atoms with Gasteiger partial charge in [0.1, 0.15) is 12.1 Å². The second-order valence-corrected chi connectivity index (χ2v) is 2.58. The first-order valence-corrected chi connectivity index (χ1v) is 3.48. The van der Waals surface area contributed by atoms with Gasteiger partial charge in [0.15, 0.2) is 0 Å². The number of aliphatic hydroxyl groups is 1. The second-order valence-electron chi connectivity index (χ2n) is 2.58. The maximum atomic E-state index is 11.7. The first-order chi connectivity index (χ1) is 5.75. The number of halogens is 3. The molecule has 2 atom stereocenters. The predicted molar refractivity (Wildman–Crippen MR) is 36.9 cm³/mol. The van der Waals surface area contributed by atoms with Crippen molar-refractivity contribution in [3.8, 4) is 0 Å². The minimum absolute atomic E-state index is 0.407. The van der Waals surface area contributed by atoms with Crippen molar-refractivity contribution in [3.63, 3.8) is 0 Å². The van der Waals surface area contributed by atoms with Gasteiger partial charge in [-0.25, -0.2) is 0 Å². The number of carboxylic acid groups (broad SMARTS) is 1. The van der Waals surface area contributed by atoms with Crippen LogP contribution >= 0.6 is 0 Å². The number of hydrogen-bond donors (Lipinski definition) is 3. The first kappa shape index (κ1) is 12.2. The van der Waals surface area contributed by atoms with Crippen LogP contribution in [0, 0.1) is 0 Å². The van der Waals surface area contributed by atoms with E-state index in [9.17, 15) is 18.0 Å². The van der Waals surface area contributed by atoms with Gasteiger partial charge in [0.2, 0.25) is 0 Å². The van der Waals surface area contributed by atoms with E-state index in [1.165, 1.54) is 0 Å². The molecule has 0 amide bonds. The zero-order valence-electron chi connectivity index (χ0n) is 6.58. The summed E-state index contributed by atoms with van der Waals surface area (Å²) in [5.74, 6) is -1.38. The highest BCUT2D eigenvalue weighted by atomic mass is 19.4. The highest BCUT2D eigenvalue weighted by molar-refractivity contribution is 5.72. The Morgan fingerprint density at radius 1 is 1.38 bits per heavy atom. The van der Waals surface area contributed by atoms with Crippen LogP contribution in [0.1, 0.15) is 12.8 Å². The van der Waals surface area contributed by atoms with Crippen molar-refractivity contribution in [2.24, 2.45) is 5.73 Å². The molecule has 0 radical (unpaired) electrons. The largest absolute Gasteiger partial charge is 0.480 e. The molecule has 0 saturated heterocycles.